The highest BCUT2D eigenvalue weighted by Crippen LogP contribution is 2.31. The zero-order valence-corrected chi connectivity index (χ0v) is 11.2. The molecule has 0 amide bonds. The quantitative estimate of drug-likeness (QED) is 0.786. The van der Waals surface area contributed by atoms with Gasteiger partial charge in [-0.25, -0.2) is 4.79 Å². The van der Waals surface area contributed by atoms with Crippen LogP contribution in [-0.4, -0.2) is 36.6 Å². The van der Waals surface area contributed by atoms with E-state index in [0.717, 1.165) is 0 Å². The minimum absolute atomic E-state index is 0.302. The number of nitrogens with zero attached hydrogens (tertiary/aromatic N) is 1. The maximum absolute atomic E-state index is 11.8. The van der Waals surface area contributed by atoms with Crippen LogP contribution in [0.2, 0.25) is 0 Å². The summed E-state index contributed by atoms with van der Waals surface area (Å²) in [6, 6.07) is 3.97. The maximum Gasteiger partial charge on any atom is 0.374 e. The summed E-state index contributed by atoms with van der Waals surface area (Å²) in [5, 5.41) is 0. The van der Waals surface area contributed by atoms with Gasteiger partial charge in [0.1, 0.15) is 0 Å². The maximum atomic E-state index is 11.8. The van der Waals surface area contributed by atoms with Crippen molar-refractivity contribution in [2.24, 2.45) is 5.92 Å². The molecule has 2 aliphatic rings. The second-order valence-electron chi connectivity index (χ2n) is 5.58. The second-order valence-corrected chi connectivity index (χ2v) is 5.58. The summed E-state index contributed by atoms with van der Waals surface area (Å²) in [5.74, 6) is 0.460. The zero-order chi connectivity index (χ0) is 13.1. The number of esters is 1. The van der Waals surface area contributed by atoms with Gasteiger partial charge < -0.3 is 9.15 Å². The first-order valence-corrected chi connectivity index (χ1v) is 7.29. The number of carbonyl (C=O) groups is 1. The standard InChI is InChI=1S/C15H21NO3/c17-15(14-7-4-10-18-14)19-11-12-5-3-9-16-8-2-1-6-13(12)16/h4,7,10,12-13H,1-3,5-6,8-9,11H2/t12-,13+/m0/s1. The minimum Gasteiger partial charge on any atom is -0.459 e. The zero-order valence-electron chi connectivity index (χ0n) is 11.2. The molecule has 0 aromatic carbocycles. The molecule has 0 spiro atoms. The Morgan fingerprint density at radius 2 is 2.21 bits per heavy atom. The molecule has 0 saturated carbocycles. The summed E-state index contributed by atoms with van der Waals surface area (Å²) in [6.45, 7) is 2.96. The third kappa shape index (κ3) is 2.84. The summed E-state index contributed by atoms with van der Waals surface area (Å²) in [5.41, 5.74) is 0. The lowest BCUT2D eigenvalue weighted by Gasteiger charge is -2.44. The van der Waals surface area contributed by atoms with E-state index in [9.17, 15) is 4.79 Å². The van der Waals surface area contributed by atoms with Gasteiger partial charge in [0.2, 0.25) is 5.76 Å². The largest absolute Gasteiger partial charge is 0.459 e. The van der Waals surface area contributed by atoms with Crippen LogP contribution in [0.15, 0.2) is 22.8 Å². The molecule has 3 rings (SSSR count). The average molecular weight is 263 g/mol. The molecule has 0 aliphatic carbocycles. The smallest absolute Gasteiger partial charge is 0.374 e. The molecule has 104 valence electrons. The van der Waals surface area contributed by atoms with Gasteiger partial charge in [0.05, 0.1) is 12.9 Å². The van der Waals surface area contributed by atoms with E-state index in [0.29, 0.717) is 24.3 Å². The highest BCUT2D eigenvalue weighted by molar-refractivity contribution is 5.86. The van der Waals surface area contributed by atoms with Crippen molar-refractivity contribution in [2.45, 2.75) is 38.1 Å². The van der Waals surface area contributed by atoms with E-state index in [1.54, 1.807) is 12.1 Å². The first-order valence-electron chi connectivity index (χ1n) is 7.29. The summed E-state index contributed by atoms with van der Waals surface area (Å²) in [6.07, 6.45) is 7.77. The van der Waals surface area contributed by atoms with E-state index in [1.807, 2.05) is 0 Å². The summed E-state index contributed by atoms with van der Waals surface area (Å²) < 4.78 is 10.5. The van der Waals surface area contributed by atoms with Gasteiger partial charge in [-0.2, -0.15) is 0 Å². The van der Waals surface area contributed by atoms with Crippen LogP contribution in [0.25, 0.3) is 0 Å². The van der Waals surface area contributed by atoms with Crippen molar-refractivity contribution in [1.29, 1.82) is 0 Å². The number of fused-ring (bicyclic) bond motifs is 1. The molecule has 2 saturated heterocycles. The number of hydrogen-bond donors (Lipinski definition) is 0. The minimum atomic E-state index is -0.335. The first-order chi connectivity index (χ1) is 9.34. The summed E-state index contributed by atoms with van der Waals surface area (Å²) in [4.78, 5) is 14.4. The molecule has 3 heterocycles. The van der Waals surface area contributed by atoms with Crippen LogP contribution in [0.4, 0.5) is 0 Å². The Balaban J connectivity index is 1.55. The molecule has 4 nitrogen and oxygen atoms in total. The number of rotatable bonds is 3. The van der Waals surface area contributed by atoms with Gasteiger partial charge in [0.25, 0.3) is 0 Å². The Kier molecular flexibility index (Phi) is 3.87. The van der Waals surface area contributed by atoms with Crippen molar-refractivity contribution in [3.05, 3.63) is 24.2 Å². The number of furan rings is 1. The number of piperidine rings is 2. The van der Waals surface area contributed by atoms with Gasteiger partial charge in [-0.3, -0.25) is 4.90 Å². The van der Waals surface area contributed by atoms with Gasteiger partial charge in [0.15, 0.2) is 0 Å². The highest BCUT2D eigenvalue weighted by atomic mass is 16.5. The lowest BCUT2D eigenvalue weighted by molar-refractivity contribution is 0.00552. The summed E-state index contributed by atoms with van der Waals surface area (Å²) in [7, 11) is 0. The Bertz CT molecular complexity index is 413. The fourth-order valence-corrected chi connectivity index (χ4v) is 3.42. The van der Waals surface area contributed by atoms with Crippen LogP contribution in [0.1, 0.15) is 42.7 Å². The van der Waals surface area contributed by atoms with Crippen LogP contribution < -0.4 is 0 Å². The fourth-order valence-electron chi connectivity index (χ4n) is 3.42. The Hall–Kier alpha value is -1.29. The van der Waals surface area contributed by atoms with E-state index in [1.165, 1.54) is 51.5 Å². The highest BCUT2D eigenvalue weighted by Gasteiger charge is 2.33. The lowest BCUT2D eigenvalue weighted by Crippen LogP contribution is -2.49. The SMILES string of the molecule is O=C(OC[C@@H]1CCCN2CCCC[C@H]12)c1ccco1. The molecule has 2 aliphatic heterocycles. The van der Waals surface area contributed by atoms with Crippen LogP contribution in [0.5, 0.6) is 0 Å². The predicted molar refractivity (Wildman–Crippen MR) is 70.9 cm³/mol. The van der Waals surface area contributed by atoms with E-state index in [-0.39, 0.29) is 5.97 Å². The molecule has 1 aromatic heterocycles. The average Bonchev–Trinajstić information content (AvgIpc) is 2.99. The third-order valence-electron chi connectivity index (χ3n) is 4.38. The van der Waals surface area contributed by atoms with E-state index in [2.05, 4.69) is 4.90 Å². The van der Waals surface area contributed by atoms with Crippen molar-refractivity contribution in [3.8, 4) is 0 Å². The topological polar surface area (TPSA) is 42.7 Å². The Labute approximate surface area is 113 Å². The van der Waals surface area contributed by atoms with Crippen LogP contribution in [-0.2, 0) is 4.74 Å². The number of ether oxygens (including phenoxy) is 1. The molecule has 0 unspecified atom stereocenters. The first kappa shape index (κ1) is 12.7. The molecule has 2 fully saturated rings. The number of hydrogen-bond acceptors (Lipinski definition) is 4. The fraction of sp³-hybridized carbons (Fsp3) is 0.667. The normalized spacial score (nSPS) is 27.8. The van der Waals surface area contributed by atoms with Crippen molar-refractivity contribution < 1.29 is 13.9 Å². The van der Waals surface area contributed by atoms with Crippen molar-refractivity contribution >= 4 is 5.97 Å². The van der Waals surface area contributed by atoms with Gasteiger partial charge >= 0.3 is 5.97 Å². The molecule has 0 bridgehead atoms. The molecule has 0 radical (unpaired) electrons. The van der Waals surface area contributed by atoms with Crippen molar-refractivity contribution in [3.63, 3.8) is 0 Å². The molecular weight excluding hydrogens is 242 g/mol. The lowest BCUT2D eigenvalue weighted by atomic mass is 9.84. The summed E-state index contributed by atoms with van der Waals surface area (Å²) >= 11 is 0. The van der Waals surface area contributed by atoms with Crippen molar-refractivity contribution in [2.75, 3.05) is 19.7 Å². The Morgan fingerprint density at radius 3 is 3.05 bits per heavy atom. The number of carbonyl (C=O) groups excluding carboxylic acids is 1. The van der Waals surface area contributed by atoms with E-state index in [4.69, 9.17) is 9.15 Å². The van der Waals surface area contributed by atoms with Gasteiger partial charge in [0, 0.05) is 12.0 Å². The molecule has 0 N–H and O–H groups in total. The molecule has 4 heteroatoms. The molecular formula is C15H21NO3. The Morgan fingerprint density at radius 1 is 1.32 bits per heavy atom. The van der Waals surface area contributed by atoms with Gasteiger partial charge in [-0.15, -0.1) is 0 Å². The van der Waals surface area contributed by atoms with Crippen LogP contribution in [0.3, 0.4) is 0 Å². The second kappa shape index (κ2) is 5.78. The van der Waals surface area contributed by atoms with Crippen LogP contribution in [0, 0.1) is 5.92 Å². The van der Waals surface area contributed by atoms with E-state index < -0.39 is 0 Å². The third-order valence-corrected chi connectivity index (χ3v) is 4.38. The monoisotopic (exact) mass is 263 g/mol. The van der Waals surface area contributed by atoms with Gasteiger partial charge in [-0.1, -0.05) is 6.42 Å². The van der Waals surface area contributed by atoms with Crippen molar-refractivity contribution in [1.82, 2.24) is 4.90 Å². The molecule has 19 heavy (non-hydrogen) atoms. The predicted octanol–water partition coefficient (Wildman–Crippen LogP) is 2.70. The molecule has 2 atom stereocenters. The van der Waals surface area contributed by atoms with E-state index >= 15 is 0 Å². The van der Waals surface area contributed by atoms with Crippen LogP contribution >= 0.6 is 0 Å². The molecule has 1 aromatic rings. The van der Waals surface area contributed by atoms with Gasteiger partial charge in [-0.05, 0) is 50.9 Å².